The Morgan fingerprint density at radius 2 is 2.03 bits per heavy atom. The minimum atomic E-state index is 0.241. The van der Waals surface area contributed by atoms with E-state index in [9.17, 15) is 0 Å². The summed E-state index contributed by atoms with van der Waals surface area (Å²) in [4.78, 5) is 13.8. The number of morpholine rings is 2. The third-order valence-corrected chi connectivity index (χ3v) is 5.82. The van der Waals surface area contributed by atoms with Gasteiger partial charge in [-0.2, -0.15) is 0 Å². The Morgan fingerprint density at radius 3 is 2.73 bits per heavy atom. The lowest BCUT2D eigenvalue weighted by atomic mass is 10.0. The average molecular weight is 419 g/mol. The van der Waals surface area contributed by atoms with Crippen LogP contribution in [0.1, 0.15) is 26.3 Å². The van der Waals surface area contributed by atoms with E-state index >= 15 is 0 Å². The maximum absolute atomic E-state index is 5.64. The predicted molar refractivity (Wildman–Crippen MR) is 121 cm³/mol. The van der Waals surface area contributed by atoms with Gasteiger partial charge in [0.2, 0.25) is 0 Å². The molecule has 0 bridgehead atoms. The number of nitrogens with one attached hydrogen (secondary N) is 2. The van der Waals surface area contributed by atoms with Gasteiger partial charge in [-0.15, -0.1) is 0 Å². The zero-order valence-electron chi connectivity index (χ0n) is 18.9. The predicted octanol–water partition coefficient (Wildman–Crippen LogP) is 1.33. The number of nitrogens with zero attached hydrogens (tertiary/aromatic N) is 4. The molecule has 2 unspecified atom stereocenters. The van der Waals surface area contributed by atoms with E-state index < -0.39 is 0 Å². The maximum atomic E-state index is 5.64. The minimum absolute atomic E-state index is 0.241. The summed E-state index contributed by atoms with van der Waals surface area (Å²) in [6, 6.07) is 4.67. The van der Waals surface area contributed by atoms with Crippen LogP contribution < -0.4 is 15.5 Å². The fourth-order valence-corrected chi connectivity index (χ4v) is 4.07. The summed E-state index contributed by atoms with van der Waals surface area (Å²) in [5.41, 5.74) is 1.19. The molecule has 8 nitrogen and oxygen atoms in total. The first-order valence-electron chi connectivity index (χ1n) is 11.1. The smallest absolute Gasteiger partial charge is 0.191 e. The van der Waals surface area contributed by atoms with Gasteiger partial charge in [0.1, 0.15) is 5.82 Å². The average Bonchev–Trinajstić information content (AvgIpc) is 2.77. The number of aromatic nitrogens is 1. The van der Waals surface area contributed by atoms with Crippen LogP contribution in [0.5, 0.6) is 0 Å². The Hall–Kier alpha value is -1.90. The molecule has 2 aliphatic rings. The van der Waals surface area contributed by atoms with Crippen molar-refractivity contribution in [1.82, 2.24) is 20.5 Å². The molecule has 3 heterocycles. The zero-order valence-corrected chi connectivity index (χ0v) is 18.9. The number of anilines is 1. The van der Waals surface area contributed by atoms with E-state index in [0.29, 0.717) is 18.5 Å². The van der Waals surface area contributed by atoms with E-state index in [-0.39, 0.29) is 6.10 Å². The molecule has 2 saturated heterocycles. The summed E-state index contributed by atoms with van der Waals surface area (Å²) < 4.78 is 11.2. The molecular formula is C22H38N6O2. The molecule has 0 aliphatic carbocycles. The van der Waals surface area contributed by atoms with E-state index in [4.69, 9.17) is 9.47 Å². The van der Waals surface area contributed by atoms with Gasteiger partial charge in [-0.1, -0.05) is 13.8 Å². The van der Waals surface area contributed by atoms with Gasteiger partial charge in [0.25, 0.3) is 0 Å². The molecule has 1 aromatic heterocycles. The standard InChI is InChI=1S/C22H38N6O2/c1-17(2)20(27-7-10-29-11-8-27)15-26-22(23-4)25-14-19-5-6-24-21(13-19)28-9-12-30-18(3)16-28/h5-6,13,17-18,20H,7-12,14-16H2,1-4H3,(H2,23,25,26). The van der Waals surface area contributed by atoms with Crippen LogP contribution in [0.25, 0.3) is 0 Å². The van der Waals surface area contributed by atoms with Crippen LogP contribution in [0.15, 0.2) is 23.3 Å². The lowest BCUT2D eigenvalue weighted by Crippen LogP contribution is -2.52. The van der Waals surface area contributed by atoms with Crippen molar-refractivity contribution in [3.63, 3.8) is 0 Å². The van der Waals surface area contributed by atoms with Crippen molar-refractivity contribution in [3.8, 4) is 0 Å². The highest BCUT2D eigenvalue weighted by Crippen LogP contribution is 2.16. The van der Waals surface area contributed by atoms with Crippen LogP contribution in [0.4, 0.5) is 5.82 Å². The molecule has 2 fully saturated rings. The Balaban J connectivity index is 1.51. The Bertz CT molecular complexity index is 677. The van der Waals surface area contributed by atoms with Crippen molar-refractivity contribution in [2.75, 3.05) is 64.5 Å². The van der Waals surface area contributed by atoms with Crippen LogP contribution >= 0.6 is 0 Å². The van der Waals surface area contributed by atoms with Crippen LogP contribution in [0.3, 0.4) is 0 Å². The second-order valence-corrected chi connectivity index (χ2v) is 8.42. The topological polar surface area (TPSA) is 74.2 Å². The summed E-state index contributed by atoms with van der Waals surface area (Å²) in [7, 11) is 1.82. The van der Waals surface area contributed by atoms with Crippen molar-refractivity contribution < 1.29 is 9.47 Å². The number of ether oxygens (including phenoxy) is 2. The van der Waals surface area contributed by atoms with E-state index in [1.807, 2.05) is 13.2 Å². The molecule has 30 heavy (non-hydrogen) atoms. The first kappa shape index (κ1) is 22.8. The Kier molecular flexibility index (Phi) is 8.72. The van der Waals surface area contributed by atoms with Crippen molar-refractivity contribution in [3.05, 3.63) is 23.9 Å². The summed E-state index contributed by atoms with van der Waals surface area (Å²) in [6.45, 7) is 14.4. The quantitative estimate of drug-likeness (QED) is 0.511. The van der Waals surface area contributed by atoms with Gasteiger partial charge in [0.15, 0.2) is 5.96 Å². The molecule has 168 valence electrons. The molecule has 2 aliphatic heterocycles. The van der Waals surface area contributed by atoms with Gasteiger partial charge in [-0.05, 0) is 30.5 Å². The normalized spacial score (nSPS) is 22.2. The highest BCUT2D eigenvalue weighted by Gasteiger charge is 2.24. The monoisotopic (exact) mass is 418 g/mol. The molecule has 1 aromatic rings. The highest BCUT2D eigenvalue weighted by molar-refractivity contribution is 5.79. The first-order valence-corrected chi connectivity index (χ1v) is 11.1. The molecule has 3 rings (SSSR count). The molecule has 0 amide bonds. The molecule has 0 saturated carbocycles. The molecule has 0 radical (unpaired) electrons. The molecule has 0 aromatic carbocycles. The second kappa shape index (κ2) is 11.5. The van der Waals surface area contributed by atoms with Gasteiger partial charge >= 0.3 is 0 Å². The number of hydrogen-bond acceptors (Lipinski definition) is 6. The van der Waals surface area contributed by atoms with Crippen LogP contribution in [-0.4, -0.2) is 87.6 Å². The third-order valence-electron chi connectivity index (χ3n) is 5.82. The van der Waals surface area contributed by atoms with Crippen LogP contribution in [-0.2, 0) is 16.0 Å². The lowest BCUT2D eigenvalue weighted by Gasteiger charge is -2.37. The number of aliphatic imine (C=N–C) groups is 1. The van der Waals surface area contributed by atoms with E-state index in [1.54, 1.807) is 0 Å². The van der Waals surface area contributed by atoms with Gasteiger partial charge in [0, 0.05) is 58.6 Å². The van der Waals surface area contributed by atoms with Crippen molar-refractivity contribution in [1.29, 1.82) is 0 Å². The summed E-state index contributed by atoms with van der Waals surface area (Å²) in [5, 5.41) is 6.96. The van der Waals surface area contributed by atoms with E-state index in [0.717, 1.165) is 64.3 Å². The molecule has 2 N–H and O–H groups in total. The fraction of sp³-hybridized carbons (Fsp3) is 0.727. The highest BCUT2D eigenvalue weighted by atomic mass is 16.5. The first-order chi connectivity index (χ1) is 14.6. The second-order valence-electron chi connectivity index (χ2n) is 8.42. The molecular weight excluding hydrogens is 380 g/mol. The van der Waals surface area contributed by atoms with Crippen molar-refractivity contribution >= 4 is 11.8 Å². The molecule has 2 atom stereocenters. The van der Waals surface area contributed by atoms with Gasteiger partial charge in [-0.25, -0.2) is 4.98 Å². The maximum Gasteiger partial charge on any atom is 0.191 e. The summed E-state index contributed by atoms with van der Waals surface area (Å²) >= 11 is 0. The summed E-state index contributed by atoms with van der Waals surface area (Å²) in [6.07, 6.45) is 2.13. The molecule has 0 spiro atoms. The van der Waals surface area contributed by atoms with Gasteiger partial charge in [0.05, 0.1) is 25.9 Å². The SMILES string of the molecule is CN=C(NCc1ccnc(N2CCOC(C)C2)c1)NCC(C(C)C)N1CCOCC1. The van der Waals surface area contributed by atoms with Crippen molar-refractivity contribution in [2.45, 2.75) is 39.5 Å². The lowest BCUT2D eigenvalue weighted by molar-refractivity contribution is 0.00752. The van der Waals surface area contributed by atoms with Crippen LogP contribution in [0.2, 0.25) is 0 Å². The van der Waals surface area contributed by atoms with Gasteiger partial charge < -0.3 is 25.0 Å². The van der Waals surface area contributed by atoms with Crippen LogP contribution in [0, 0.1) is 5.92 Å². The summed E-state index contributed by atoms with van der Waals surface area (Å²) in [5.74, 6) is 2.40. The third kappa shape index (κ3) is 6.55. The molecule has 8 heteroatoms. The number of guanidine groups is 1. The van der Waals surface area contributed by atoms with E-state index in [2.05, 4.69) is 63.3 Å². The minimum Gasteiger partial charge on any atom is -0.379 e. The fourth-order valence-electron chi connectivity index (χ4n) is 4.07. The van der Waals surface area contributed by atoms with E-state index in [1.165, 1.54) is 5.56 Å². The van der Waals surface area contributed by atoms with Crippen molar-refractivity contribution in [2.24, 2.45) is 10.9 Å². The Labute approximate surface area is 181 Å². The Morgan fingerprint density at radius 1 is 1.23 bits per heavy atom. The van der Waals surface area contributed by atoms with Gasteiger partial charge in [-0.3, -0.25) is 9.89 Å². The zero-order chi connectivity index (χ0) is 21.3. The number of pyridine rings is 1. The number of rotatable bonds is 7. The largest absolute Gasteiger partial charge is 0.379 e. The number of hydrogen-bond donors (Lipinski definition) is 2.